The van der Waals surface area contributed by atoms with Gasteiger partial charge in [0, 0.05) is 26.2 Å². The van der Waals surface area contributed by atoms with Crippen molar-refractivity contribution in [3.8, 4) is 0 Å². The van der Waals surface area contributed by atoms with Crippen LogP contribution in [0.25, 0.3) is 0 Å². The van der Waals surface area contributed by atoms with E-state index in [1.54, 1.807) is 0 Å². The lowest BCUT2D eigenvalue weighted by Crippen LogP contribution is -2.36. The van der Waals surface area contributed by atoms with Crippen molar-refractivity contribution >= 4 is 0 Å². The van der Waals surface area contributed by atoms with E-state index < -0.39 is 0 Å². The third kappa shape index (κ3) is 5.65. The number of ether oxygens (including phenoxy) is 1. The molecular weight excluding hydrogens is 332 g/mol. The average Bonchev–Trinajstić information content (AvgIpc) is 3.46. The Labute approximate surface area is 163 Å². The Hall–Kier alpha value is -1.68. The summed E-state index contributed by atoms with van der Waals surface area (Å²) in [5.41, 5.74) is 2.94. The Morgan fingerprint density at radius 2 is 1.26 bits per heavy atom. The lowest BCUT2D eigenvalue weighted by atomic mass is 10.1. The smallest absolute Gasteiger partial charge is 0.0811 e. The van der Waals surface area contributed by atoms with Crippen molar-refractivity contribution in [1.29, 1.82) is 0 Å². The van der Waals surface area contributed by atoms with Crippen LogP contribution in [0, 0.1) is 0 Å². The largest absolute Gasteiger partial charge is 0.372 e. The molecule has 2 aromatic carbocycles. The van der Waals surface area contributed by atoms with Crippen LogP contribution in [0.4, 0.5) is 0 Å². The fourth-order valence-electron chi connectivity index (χ4n) is 4.12. The fourth-order valence-corrected chi connectivity index (χ4v) is 4.12. The summed E-state index contributed by atoms with van der Waals surface area (Å²) in [6, 6.07) is 21.7. The van der Waals surface area contributed by atoms with E-state index in [0.717, 1.165) is 39.3 Å². The van der Waals surface area contributed by atoms with Gasteiger partial charge in [-0.15, -0.1) is 0 Å². The third-order valence-corrected chi connectivity index (χ3v) is 5.83. The Bertz CT molecular complexity index is 684. The van der Waals surface area contributed by atoms with Crippen molar-refractivity contribution in [2.75, 3.05) is 32.8 Å². The average molecular weight is 365 g/mol. The highest BCUT2D eigenvalue weighted by atomic mass is 16.5. The van der Waals surface area contributed by atoms with Gasteiger partial charge in [0.1, 0.15) is 0 Å². The van der Waals surface area contributed by atoms with E-state index in [0.29, 0.717) is 0 Å². The van der Waals surface area contributed by atoms with E-state index in [2.05, 4.69) is 70.5 Å². The lowest BCUT2D eigenvalue weighted by Gasteiger charge is -2.27. The van der Waals surface area contributed by atoms with Gasteiger partial charge in [-0.25, -0.2) is 0 Å². The summed E-state index contributed by atoms with van der Waals surface area (Å²) in [7, 11) is 0. The normalized spacial score (nSPS) is 21.6. The van der Waals surface area contributed by atoms with Crippen molar-refractivity contribution < 1.29 is 4.74 Å². The lowest BCUT2D eigenvalue weighted by molar-refractivity contribution is -0.00284. The van der Waals surface area contributed by atoms with Gasteiger partial charge in [0.2, 0.25) is 0 Å². The van der Waals surface area contributed by atoms with Gasteiger partial charge in [0.05, 0.1) is 12.2 Å². The van der Waals surface area contributed by atoms with Crippen LogP contribution in [-0.4, -0.2) is 48.2 Å². The van der Waals surface area contributed by atoms with Gasteiger partial charge in [0.25, 0.3) is 0 Å². The molecule has 0 aromatic heterocycles. The predicted octanol–water partition coefficient (Wildman–Crippen LogP) is 4.33. The van der Waals surface area contributed by atoms with Crippen LogP contribution < -0.4 is 0 Å². The molecule has 1 saturated carbocycles. The second-order valence-corrected chi connectivity index (χ2v) is 8.20. The number of benzene rings is 2. The summed E-state index contributed by atoms with van der Waals surface area (Å²) in [4.78, 5) is 5.19. The number of nitrogens with zero attached hydrogens (tertiary/aromatic N) is 2. The highest BCUT2D eigenvalue weighted by Crippen LogP contribution is 2.40. The second-order valence-electron chi connectivity index (χ2n) is 8.20. The molecule has 2 aromatic rings. The zero-order chi connectivity index (χ0) is 18.4. The molecule has 2 fully saturated rings. The van der Waals surface area contributed by atoms with Crippen LogP contribution in [-0.2, 0) is 17.8 Å². The molecule has 1 aliphatic heterocycles. The Morgan fingerprint density at radius 1 is 0.704 bits per heavy atom. The van der Waals surface area contributed by atoms with E-state index >= 15 is 0 Å². The molecule has 2 aliphatic rings. The molecular formula is C24H32N2O. The Kier molecular flexibility index (Phi) is 6.23. The van der Waals surface area contributed by atoms with Gasteiger partial charge in [-0.2, -0.15) is 0 Å². The molecule has 0 radical (unpaired) electrons. The van der Waals surface area contributed by atoms with Crippen LogP contribution in [0.3, 0.4) is 0 Å². The first-order valence-electron chi connectivity index (χ1n) is 10.5. The summed E-state index contributed by atoms with van der Waals surface area (Å²) in [6.07, 6.45) is 4.95. The van der Waals surface area contributed by atoms with Crippen LogP contribution in [0.5, 0.6) is 0 Å². The number of hydrogen-bond acceptors (Lipinski definition) is 3. The minimum Gasteiger partial charge on any atom is -0.372 e. The summed E-state index contributed by atoms with van der Waals surface area (Å²) in [5, 5.41) is 0. The monoisotopic (exact) mass is 364 g/mol. The second kappa shape index (κ2) is 9.01. The van der Waals surface area contributed by atoms with E-state index in [-0.39, 0.29) is 5.60 Å². The van der Waals surface area contributed by atoms with E-state index in [1.807, 2.05) is 0 Å². The summed E-state index contributed by atoms with van der Waals surface area (Å²) >= 11 is 0. The molecule has 144 valence electrons. The van der Waals surface area contributed by atoms with E-state index in [1.165, 1.54) is 43.4 Å². The van der Waals surface area contributed by atoms with Crippen LogP contribution in [0.15, 0.2) is 60.7 Å². The van der Waals surface area contributed by atoms with Crippen LogP contribution >= 0.6 is 0 Å². The molecule has 0 unspecified atom stereocenters. The quantitative estimate of drug-likeness (QED) is 0.803. The van der Waals surface area contributed by atoms with Gasteiger partial charge < -0.3 is 4.74 Å². The molecule has 1 heterocycles. The predicted molar refractivity (Wildman–Crippen MR) is 111 cm³/mol. The molecule has 0 N–H and O–H groups in total. The van der Waals surface area contributed by atoms with Gasteiger partial charge in [-0.3, -0.25) is 9.80 Å². The molecule has 27 heavy (non-hydrogen) atoms. The van der Waals surface area contributed by atoms with Crippen molar-refractivity contribution in [2.24, 2.45) is 0 Å². The molecule has 0 amide bonds. The highest BCUT2D eigenvalue weighted by Gasteiger charge is 2.45. The van der Waals surface area contributed by atoms with Crippen molar-refractivity contribution in [3.63, 3.8) is 0 Å². The molecule has 3 nitrogen and oxygen atoms in total. The van der Waals surface area contributed by atoms with Crippen molar-refractivity contribution in [2.45, 2.75) is 44.4 Å². The first-order chi connectivity index (χ1) is 13.3. The first-order valence-corrected chi connectivity index (χ1v) is 10.5. The van der Waals surface area contributed by atoms with Crippen LogP contribution in [0.2, 0.25) is 0 Å². The summed E-state index contributed by atoms with van der Waals surface area (Å²) in [6.45, 7) is 7.37. The van der Waals surface area contributed by atoms with Gasteiger partial charge in [0.15, 0.2) is 0 Å². The maximum Gasteiger partial charge on any atom is 0.0811 e. The molecule has 1 spiro atoms. The first kappa shape index (κ1) is 18.7. The van der Waals surface area contributed by atoms with Gasteiger partial charge >= 0.3 is 0 Å². The van der Waals surface area contributed by atoms with Crippen LogP contribution in [0.1, 0.15) is 36.8 Å². The van der Waals surface area contributed by atoms with E-state index in [4.69, 9.17) is 4.74 Å². The molecule has 3 heteroatoms. The molecule has 0 bridgehead atoms. The van der Waals surface area contributed by atoms with Gasteiger partial charge in [-0.1, -0.05) is 60.7 Å². The standard InChI is InChI=1S/C24H32N2O/c1-3-9-22(10-4-1)19-25-15-7-8-16-26(20-23-11-5-2-6-12-23)21-24(13-14-24)27-18-17-25/h1-6,9-12H,7-8,13-21H2. The maximum atomic E-state index is 6.43. The topological polar surface area (TPSA) is 15.7 Å². The van der Waals surface area contributed by atoms with Gasteiger partial charge in [-0.05, 0) is 49.9 Å². The minimum absolute atomic E-state index is 0.123. The maximum absolute atomic E-state index is 6.43. The number of rotatable bonds is 4. The third-order valence-electron chi connectivity index (χ3n) is 5.83. The highest BCUT2D eigenvalue weighted by molar-refractivity contribution is 5.15. The molecule has 4 rings (SSSR count). The van der Waals surface area contributed by atoms with E-state index in [9.17, 15) is 0 Å². The zero-order valence-electron chi connectivity index (χ0n) is 16.4. The molecule has 1 aliphatic carbocycles. The zero-order valence-corrected chi connectivity index (χ0v) is 16.4. The summed E-state index contributed by atoms with van der Waals surface area (Å²) in [5.74, 6) is 0. The number of hydrogen-bond donors (Lipinski definition) is 0. The van der Waals surface area contributed by atoms with Crippen molar-refractivity contribution in [3.05, 3.63) is 71.8 Å². The fraction of sp³-hybridized carbons (Fsp3) is 0.500. The Balaban J connectivity index is 1.37. The molecule has 0 atom stereocenters. The molecule has 1 saturated heterocycles. The Morgan fingerprint density at radius 3 is 1.85 bits per heavy atom. The SMILES string of the molecule is c1ccc(CN2CCCCN(Cc3ccccc3)CC3(CC3)OCC2)cc1. The summed E-state index contributed by atoms with van der Waals surface area (Å²) < 4.78 is 6.43. The van der Waals surface area contributed by atoms with Crippen molar-refractivity contribution in [1.82, 2.24) is 9.80 Å². The minimum atomic E-state index is 0.123.